The summed E-state index contributed by atoms with van der Waals surface area (Å²) in [6.45, 7) is 2.96. The molecule has 0 bridgehead atoms. The molecule has 0 atom stereocenters. The fourth-order valence-electron chi connectivity index (χ4n) is 1.07. The normalized spacial score (nSPS) is 11.2. The van der Waals surface area contributed by atoms with E-state index in [-0.39, 0.29) is 16.5 Å². The molecule has 0 unspecified atom stereocenters. The van der Waals surface area contributed by atoms with Gasteiger partial charge in [0.05, 0.1) is 16.7 Å². The van der Waals surface area contributed by atoms with Gasteiger partial charge in [-0.3, -0.25) is 10.1 Å². The number of nitrogens with zero attached hydrogens (tertiary/aromatic N) is 1. The van der Waals surface area contributed by atoms with E-state index in [1.807, 2.05) is 0 Å². The largest absolute Gasteiger partial charge is 0.382 e. The smallest absolute Gasteiger partial charge is 0.308 e. The summed E-state index contributed by atoms with van der Waals surface area (Å²) < 4.78 is 27.3. The zero-order valence-corrected chi connectivity index (χ0v) is 10.7. The third kappa shape index (κ3) is 3.31. The summed E-state index contributed by atoms with van der Waals surface area (Å²) in [7, 11) is -3.72. The lowest BCUT2D eigenvalue weighted by molar-refractivity contribution is -0.384. The van der Waals surface area contributed by atoms with Crippen molar-refractivity contribution in [2.24, 2.45) is 0 Å². The Kier molecular flexibility index (Phi) is 3.94. The second kappa shape index (κ2) is 4.89. The Balaban J connectivity index is 3.26. The summed E-state index contributed by atoms with van der Waals surface area (Å²) in [5, 5.41) is 10.6. The zero-order valence-electron chi connectivity index (χ0n) is 9.14. The van der Waals surface area contributed by atoms with Crippen molar-refractivity contribution in [3.8, 4) is 5.75 Å². The van der Waals surface area contributed by atoms with Crippen molar-refractivity contribution in [3.05, 3.63) is 32.8 Å². The number of hydrogen-bond donors (Lipinski definition) is 0. The molecule has 94 valence electrons. The third-order valence-electron chi connectivity index (χ3n) is 2.01. The van der Waals surface area contributed by atoms with E-state index in [9.17, 15) is 18.5 Å². The molecular weight excluding hydrogens is 270 g/mol. The van der Waals surface area contributed by atoms with E-state index in [1.165, 1.54) is 13.0 Å². The minimum atomic E-state index is -3.72. The Labute approximate surface area is 103 Å². The Morgan fingerprint density at radius 2 is 2.06 bits per heavy atom. The van der Waals surface area contributed by atoms with Crippen LogP contribution in [0.3, 0.4) is 0 Å². The highest BCUT2D eigenvalue weighted by Crippen LogP contribution is 2.32. The Morgan fingerprint density at radius 1 is 1.47 bits per heavy atom. The van der Waals surface area contributed by atoms with Crippen molar-refractivity contribution in [1.29, 1.82) is 0 Å². The maximum Gasteiger partial charge on any atom is 0.308 e. The lowest BCUT2D eigenvalue weighted by atomic mass is 10.2. The average molecular weight is 280 g/mol. The number of halogens is 1. The summed E-state index contributed by atoms with van der Waals surface area (Å²) in [6.07, 6.45) is 0. The zero-order chi connectivity index (χ0) is 13.2. The molecule has 0 N–H and O–H groups in total. The molecule has 1 aromatic rings. The number of rotatable bonds is 4. The van der Waals surface area contributed by atoms with Crippen LogP contribution in [-0.4, -0.2) is 19.1 Å². The van der Waals surface area contributed by atoms with Gasteiger partial charge in [0.2, 0.25) is 0 Å². The van der Waals surface area contributed by atoms with Crippen LogP contribution in [0.4, 0.5) is 5.69 Å². The molecule has 0 aliphatic carbocycles. The first-order chi connectivity index (χ1) is 7.76. The van der Waals surface area contributed by atoms with Crippen molar-refractivity contribution in [3.63, 3.8) is 0 Å². The van der Waals surface area contributed by atoms with Gasteiger partial charge < -0.3 is 4.18 Å². The Morgan fingerprint density at radius 3 is 2.53 bits per heavy atom. The fraction of sp³-hybridized carbons (Fsp3) is 0.333. The summed E-state index contributed by atoms with van der Waals surface area (Å²) in [6, 6.07) is 2.30. The van der Waals surface area contributed by atoms with Crippen molar-refractivity contribution in [2.75, 3.05) is 5.75 Å². The molecule has 0 saturated heterocycles. The summed E-state index contributed by atoms with van der Waals surface area (Å²) in [5.41, 5.74) is 0.0243. The van der Waals surface area contributed by atoms with Gasteiger partial charge in [-0.2, -0.15) is 8.42 Å². The third-order valence-corrected chi connectivity index (χ3v) is 3.45. The van der Waals surface area contributed by atoms with Gasteiger partial charge >= 0.3 is 10.1 Å². The molecule has 0 aliphatic heterocycles. The summed E-state index contributed by atoms with van der Waals surface area (Å²) in [5.74, 6) is -0.300. The minimum absolute atomic E-state index is 0.0613. The molecule has 0 fully saturated rings. The summed E-state index contributed by atoms with van der Waals surface area (Å²) >= 11 is 5.65. The molecule has 0 amide bonds. The first kappa shape index (κ1) is 13.7. The van der Waals surface area contributed by atoms with Crippen LogP contribution in [0, 0.1) is 17.0 Å². The highest BCUT2D eigenvalue weighted by molar-refractivity contribution is 7.87. The lowest BCUT2D eigenvalue weighted by Crippen LogP contribution is -2.12. The quantitative estimate of drug-likeness (QED) is 0.479. The Hall–Kier alpha value is -1.34. The molecule has 0 aliphatic rings. The molecule has 0 spiro atoms. The molecule has 0 aromatic heterocycles. The van der Waals surface area contributed by atoms with Crippen molar-refractivity contribution in [1.82, 2.24) is 0 Å². The molecule has 1 rings (SSSR count). The van der Waals surface area contributed by atoms with Crippen LogP contribution in [0.5, 0.6) is 5.75 Å². The van der Waals surface area contributed by atoms with Gasteiger partial charge in [-0.05, 0) is 25.5 Å². The van der Waals surface area contributed by atoms with Gasteiger partial charge in [0.25, 0.3) is 5.69 Å². The van der Waals surface area contributed by atoms with Crippen LogP contribution in [0.15, 0.2) is 12.1 Å². The fourth-order valence-corrected chi connectivity index (χ4v) is 1.93. The molecule has 0 heterocycles. The van der Waals surface area contributed by atoms with Gasteiger partial charge in [0.1, 0.15) is 5.02 Å². The van der Waals surface area contributed by atoms with E-state index in [1.54, 1.807) is 6.92 Å². The number of benzene rings is 1. The minimum Gasteiger partial charge on any atom is -0.382 e. The van der Waals surface area contributed by atoms with E-state index in [0.717, 1.165) is 6.07 Å². The van der Waals surface area contributed by atoms with Crippen LogP contribution in [-0.2, 0) is 10.1 Å². The van der Waals surface area contributed by atoms with Gasteiger partial charge in [0.15, 0.2) is 5.75 Å². The Bertz CT molecular complexity index is 555. The molecule has 8 heteroatoms. The predicted octanol–water partition coefficient (Wildman–Crippen LogP) is 2.29. The van der Waals surface area contributed by atoms with E-state index in [0.29, 0.717) is 5.56 Å². The van der Waals surface area contributed by atoms with Gasteiger partial charge in [0, 0.05) is 0 Å². The highest BCUT2D eigenvalue weighted by Gasteiger charge is 2.19. The number of nitro groups is 1. The molecule has 6 nitrogen and oxygen atoms in total. The van der Waals surface area contributed by atoms with Gasteiger partial charge in [-0.1, -0.05) is 11.6 Å². The van der Waals surface area contributed by atoms with Crippen LogP contribution in [0.2, 0.25) is 5.02 Å². The van der Waals surface area contributed by atoms with Crippen molar-refractivity contribution in [2.45, 2.75) is 13.8 Å². The van der Waals surface area contributed by atoms with Crippen LogP contribution in [0.1, 0.15) is 12.5 Å². The number of nitro benzene ring substituents is 1. The van der Waals surface area contributed by atoms with Crippen LogP contribution < -0.4 is 4.18 Å². The van der Waals surface area contributed by atoms with Crippen LogP contribution >= 0.6 is 11.6 Å². The van der Waals surface area contributed by atoms with E-state index < -0.39 is 20.7 Å². The highest BCUT2D eigenvalue weighted by atomic mass is 35.5. The first-order valence-electron chi connectivity index (χ1n) is 4.63. The first-order valence-corrected chi connectivity index (χ1v) is 6.59. The SMILES string of the molecule is CCS(=O)(=O)Oc1cc([N+](=O)[O-])c(Cl)cc1C. The van der Waals surface area contributed by atoms with E-state index in [2.05, 4.69) is 0 Å². The molecule has 1 aromatic carbocycles. The molecular formula is C9H10ClNO5S. The van der Waals surface area contributed by atoms with Crippen LogP contribution in [0.25, 0.3) is 0 Å². The molecule has 0 radical (unpaired) electrons. The maximum atomic E-state index is 11.3. The maximum absolute atomic E-state index is 11.3. The van der Waals surface area contributed by atoms with Gasteiger partial charge in [-0.25, -0.2) is 0 Å². The summed E-state index contributed by atoms with van der Waals surface area (Å²) in [4.78, 5) is 9.94. The van der Waals surface area contributed by atoms with E-state index in [4.69, 9.17) is 15.8 Å². The van der Waals surface area contributed by atoms with Gasteiger partial charge in [-0.15, -0.1) is 0 Å². The lowest BCUT2D eigenvalue weighted by Gasteiger charge is -2.08. The molecule has 0 saturated carbocycles. The van der Waals surface area contributed by atoms with Crippen molar-refractivity contribution >= 4 is 27.4 Å². The van der Waals surface area contributed by atoms with E-state index >= 15 is 0 Å². The second-order valence-electron chi connectivity index (χ2n) is 3.26. The second-order valence-corrected chi connectivity index (χ2v) is 5.52. The number of aryl methyl sites for hydroxylation is 1. The van der Waals surface area contributed by atoms with Crippen molar-refractivity contribution < 1.29 is 17.5 Å². The monoisotopic (exact) mass is 279 g/mol. The standard InChI is InChI=1S/C9H10ClNO5S/c1-3-17(14,15)16-9-5-8(11(12)13)7(10)4-6(9)2/h4-5H,3H2,1-2H3. The molecule has 17 heavy (non-hydrogen) atoms. The average Bonchev–Trinajstić information content (AvgIpc) is 2.21. The topological polar surface area (TPSA) is 86.5 Å². The number of hydrogen-bond acceptors (Lipinski definition) is 5. The predicted molar refractivity (Wildman–Crippen MR) is 62.9 cm³/mol.